The summed E-state index contributed by atoms with van der Waals surface area (Å²) in [4.78, 5) is 17.6. The summed E-state index contributed by atoms with van der Waals surface area (Å²) < 4.78 is 38.5. The number of aryl methyl sites for hydroxylation is 1. The first-order valence-corrected chi connectivity index (χ1v) is 9.70. The molecule has 0 aliphatic carbocycles. The number of hydrogen-bond donors (Lipinski definition) is 1. The van der Waals surface area contributed by atoms with Crippen molar-refractivity contribution >= 4 is 34.1 Å². The standard InChI is InChI=1S/C19H15F3N2OS2/c1-12-2-8-15(9-3-12)27-16(17(25)24-18-23-10-11-26-18)13-4-6-14(7-5-13)19(20,21)22/h2-11,16H,1H3,(H,23,24,25). The van der Waals surface area contributed by atoms with E-state index in [2.05, 4.69) is 10.3 Å². The quantitative estimate of drug-likeness (QED) is 0.531. The highest BCUT2D eigenvalue weighted by atomic mass is 32.2. The molecule has 0 aliphatic heterocycles. The molecule has 0 saturated heterocycles. The number of rotatable bonds is 5. The van der Waals surface area contributed by atoms with E-state index in [0.717, 1.165) is 22.6 Å². The second-order valence-corrected chi connectivity index (χ2v) is 7.83. The molecule has 27 heavy (non-hydrogen) atoms. The molecule has 3 aromatic rings. The minimum absolute atomic E-state index is 0.338. The molecule has 0 spiro atoms. The van der Waals surface area contributed by atoms with Gasteiger partial charge in [0.1, 0.15) is 5.25 Å². The van der Waals surface area contributed by atoms with Crippen LogP contribution in [-0.4, -0.2) is 10.9 Å². The van der Waals surface area contributed by atoms with Gasteiger partial charge in [0.2, 0.25) is 5.91 Å². The fourth-order valence-corrected chi connectivity index (χ4v) is 3.89. The van der Waals surface area contributed by atoms with E-state index in [4.69, 9.17) is 0 Å². The van der Waals surface area contributed by atoms with E-state index < -0.39 is 17.0 Å². The fourth-order valence-electron chi connectivity index (χ4n) is 2.33. The molecule has 1 unspecified atom stereocenters. The van der Waals surface area contributed by atoms with Gasteiger partial charge in [-0.2, -0.15) is 13.2 Å². The molecule has 1 aromatic heterocycles. The van der Waals surface area contributed by atoms with Gasteiger partial charge in [-0.1, -0.05) is 29.8 Å². The number of thioether (sulfide) groups is 1. The Bertz CT molecular complexity index is 892. The first-order valence-electron chi connectivity index (χ1n) is 7.94. The maximum Gasteiger partial charge on any atom is 0.416 e. The normalized spacial score (nSPS) is 12.6. The molecule has 1 N–H and O–H groups in total. The Balaban J connectivity index is 1.88. The molecule has 1 atom stereocenters. The molecular formula is C19H15F3N2OS2. The lowest BCUT2D eigenvalue weighted by Gasteiger charge is -2.17. The summed E-state index contributed by atoms with van der Waals surface area (Å²) in [5.74, 6) is -0.338. The Kier molecular flexibility index (Phi) is 5.86. The number of anilines is 1. The summed E-state index contributed by atoms with van der Waals surface area (Å²) >= 11 is 2.55. The second kappa shape index (κ2) is 8.14. The number of thiazole rings is 1. The Labute approximate surface area is 162 Å². The lowest BCUT2D eigenvalue weighted by molar-refractivity contribution is -0.137. The molecule has 3 nitrogen and oxygen atoms in total. The van der Waals surface area contributed by atoms with E-state index in [1.54, 1.807) is 11.6 Å². The van der Waals surface area contributed by atoms with Crippen LogP contribution < -0.4 is 5.32 Å². The van der Waals surface area contributed by atoms with Gasteiger partial charge in [-0.15, -0.1) is 23.1 Å². The Morgan fingerprint density at radius 3 is 2.33 bits per heavy atom. The molecule has 1 amide bonds. The van der Waals surface area contributed by atoms with E-state index >= 15 is 0 Å². The maximum absolute atomic E-state index is 12.8. The number of aromatic nitrogens is 1. The van der Waals surface area contributed by atoms with Crippen LogP contribution in [0.3, 0.4) is 0 Å². The average molecular weight is 408 g/mol. The fraction of sp³-hybridized carbons (Fsp3) is 0.158. The van der Waals surface area contributed by atoms with Crippen LogP contribution >= 0.6 is 23.1 Å². The third-order valence-electron chi connectivity index (χ3n) is 3.72. The molecular weight excluding hydrogens is 393 g/mol. The minimum Gasteiger partial charge on any atom is -0.301 e. The summed E-state index contributed by atoms with van der Waals surface area (Å²) in [7, 11) is 0. The third kappa shape index (κ3) is 5.11. The first-order chi connectivity index (χ1) is 12.8. The number of halogens is 3. The van der Waals surface area contributed by atoms with E-state index in [1.807, 2.05) is 31.2 Å². The minimum atomic E-state index is -4.42. The topological polar surface area (TPSA) is 42.0 Å². The van der Waals surface area contributed by atoms with Crippen molar-refractivity contribution in [2.45, 2.75) is 23.2 Å². The summed E-state index contributed by atoms with van der Waals surface area (Å²) in [6.45, 7) is 1.96. The summed E-state index contributed by atoms with van der Waals surface area (Å²) in [6, 6.07) is 12.3. The Morgan fingerprint density at radius 1 is 1.11 bits per heavy atom. The van der Waals surface area contributed by atoms with Crippen LogP contribution in [0.4, 0.5) is 18.3 Å². The molecule has 0 saturated carbocycles. The SMILES string of the molecule is Cc1ccc(SC(C(=O)Nc2nccs2)c2ccc(C(F)(F)F)cc2)cc1. The van der Waals surface area contributed by atoms with Crippen molar-refractivity contribution in [2.75, 3.05) is 5.32 Å². The van der Waals surface area contributed by atoms with Crippen LogP contribution in [-0.2, 0) is 11.0 Å². The van der Waals surface area contributed by atoms with Crippen LogP contribution in [0.15, 0.2) is 65.0 Å². The van der Waals surface area contributed by atoms with Crippen molar-refractivity contribution in [1.82, 2.24) is 4.98 Å². The van der Waals surface area contributed by atoms with Crippen molar-refractivity contribution in [1.29, 1.82) is 0 Å². The predicted octanol–water partition coefficient (Wildman–Crippen LogP) is 5.94. The van der Waals surface area contributed by atoms with Crippen molar-refractivity contribution in [3.05, 3.63) is 76.8 Å². The number of alkyl halides is 3. The average Bonchev–Trinajstić information content (AvgIpc) is 3.13. The van der Waals surface area contributed by atoms with Gasteiger partial charge in [-0.25, -0.2) is 4.98 Å². The van der Waals surface area contributed by atoms with Gasteiger partial charge in [0.25, 0.3) is 0 Å². The van der Waals surface area contributed by atoms with Crippen LogP contribution in [0, 0.1) is 6.92 Å². The largest absolute Gasteiger partial charge is 0.416 e. The van der Waals surface area contributed by atoms with Crippen LogP contribution in [0.25, 0.3) is 0 Å². The van der Waals surface area contributed by atoms with Gasteiger partial charge >= 0.3 is 6.18 Å². The molecule has 0 aliphatic rings. The molecule has 140 valence electrons. The summed E-state index contributed by atoms with van der Waals surface area (Å²) in [5.41, 5.74) is 0.825. The molecule has 0 bridgehead atoms. The number of carbonyl (C=O) groups excluding carboxylic acids is 1. The van der Waals surface area contributed by atoms with Gasteiger partial charge in [0.15, 0.2) is 5.13 Å². The maximum atomic E-state index is 12.8. The van der Waals surface area contributed by atoms with Crippen molar-refractivity contribution in [2.24, 2.45) is 0 Å². The van der Waals surface area contributed by atoms with Gasteiger partial charge < -0.3 is 5.32 Å². The number of amides is 1. The zero-order chi connectivity index (χ0) is 19.4. The number of nitrogens with zero attached hydrogens (tertiary/aromatic N) is 1. The molecule has 3 rings (SSSR count). The van der Waals surface area contributed by atoms with E-state index in [9.17, 15) is 18.0 Å². The van der Waals surface area contributed by atoms with E-state index in [0.29, 0.717) is 10.7 Å². The van der Waals surface area contributed by atoms with Crippen molar-refractivity contribution in [3.63, 3.8) is 0 Å². The van der Waals surface area contributed by atoms with Crippen molar-refractivity contribution in [3.8, 4) is 0 Å². The van der Waals surface area contributed by atoms with Crippen LogP contribution in [0.5, 0.6) is 0 Å². The van der Waals surface area contributed by atoms with Crippen LogP contribution in [0.2, 0.25) is 0 Å². The number of hydrogen-bond acceptors (Lipinski definition) is 4. The van der Waals surface area contributed by atoms with Crippen LogP contribution in [0.1, 0.15) is 21.9 Å². The Hall–Kier alpha value is -2.32. The lowest BCUT2D eigenvalue weighted by Crippen LogP contribution is -2.19. The highest BCUT2D eigenvalue weighted by Crippen LogP contribution is 2.38. The highest BCUT2D eigenvalue weighted by molar-refractivity contribution is 8.00. The highest BCUT2D eigenvalue weighted by Gasteiger charge is 2.31. The Morgan fingerprint density at radius 2 is 1.78 bits per heavy atom. The summed E-state index contributed by atoms with van der Waals surface area (Å²) in [6.07, 6.45) is -2.85. The van der Waals surface area contributed by atoms with Gasteiger partial charge in [0.05, 0.1) is 5.56 Å². The van der Waals surface area contributed by atoms with E-state index in [-0.39, 0.29) is 5.91 Å². The molecule has 0 radical (unpaired) electrons. The zero-order valence-electron chi connectivity index (χ0n) is 14.2. The van der Waals surface area contributed by atoms with Crippen molar-refractivity contribution < 1.29 is 18.0 Å². The van der Waals surface area contributed by atoms with Gasteiger partial charge in [0, 0.05) is 16.5 Å². The lowest BCUT2D eigenvalue weighted by atomic mass is 10.1. The first kappa shape index (κ1) is 19.4. The molecule has 0 fully saturated rings. The van der Waals surface area contributed by atoms with Gasteiger partial charge in [-0.05, 0) is 36.8 Å². The van der Waals surface area contributed by atoms with Gasteiger partial charge in [-0.3, -0.25) is 4.79 Å². The predicted molar refractivity (Wildman–Crippen MR) is 102 cm³/mol. The monoisotopic (exact) mass is 408 g/mol. The number of nitrogens with one attached hydrogen (secondary N) is 1. The molecule has 1 heterocycles. The summed E-state index contributed by atoms with van der Waals surface area (Å²) in [5, 5.41) is 4.19. The second-order valence-electron chi connectivity index (χ2n) is 5.76. The number of benzene rings is 2. The smallest absolute Gasteiger partial charge is 0.301 e. The zero-order valence-corrected chi connectivity index (χ0v) is 15.8. The third-order valence-corrected chi connectivity index (χ3v) is 5.67. The number of carbonyl (C=O) groups is 1. The molecule has 2 aromatic carbocycles. The molecule has 8 heteroatoms. The van der Waals surface area contributed by atoms with E-state index in [1.165, 1.54) is 35.2 Å².